The molecule has 7 nitrogen and oxygen atoms in total. The Kier molecular flexibility index (Phi) is 4.22. The third kappa shape index (κ3) is 3.72. The number of anilines is 1. The van der Waals surface area contributed by atoms with Gasteiger partial charge >= 0.3 is 5.97 Å². The van der Waals surface area contributed by atoms with Gasteiger partial charge in [0.25, 0.3) is 0 Å². The summed E-state index contributed by atoms with van der Waals surface area (Å²) in [4.78, 5) is 24.3. The molecule has 1 amide bonds. The van der Waals surface area contributed by atoms with E-state index in [-0.39, 0.29) is 40.9 Å². The average Bonchev–Trinajstić information content (AvgIpc) is 2.67. The first-order valence-electron chi connectivity index (χ1n) is 6.01. The van der Waals surface area contributed by atoms with Crippen LogP contribution in [-0.2, 0) is 14.8 Å². The molecule has 1 atom stereocenters. The van der Waals surface area contributed by atoms with Crippen LogP contribution in [0.15, 0.2) is 18.2 Å². The number of hydrogen-bond donors (Lipinski definition) is 2. The smallest absolute Gasteiger partial charge is 0.335 e. The summed E-state index contributed by atoms with van der Waals surface area (Å²) in [6.45, 7) is 0.137. The first-order valence-corrected chi connectivity index (χ1v) is 8.10. The van der Waals surface area contributed by atoms with Crippen molar-refractivity contribution in [2.75, 3.05) is 17.2 Å². The molecule has 9 heteroatoms. The summed E-state index contributed by atoms with van der Waals surface area (Å²) in [5.41, 5.74) is 0.260. The number of benzene rings is 1. The van der Waals surface area contributed by atoms with Gasteiger partial charge in [0, 0.05) is 18.9 Å². The van der Waals surface area contributed by atoms with Crippen molar-refractivity contribution >= 4 is 39.2 Å². The molecule has 0 radical (unpaired) electrons. The molecule has 1 fully saturated rings. The lowest BCUT2D eigenvalue weighted by Gasteiger charge is -2.18. The normalized spacial score (nSPS) is 19.0. The van der Waals surface area contributed by atoms with Crippen molar-refractivity contribution in [3.8, 4) is 0 Å². The number of hydrogen-bond acceptors (Lipinski definition) is 4. The number of amides is 1. The summed E-state index contributed by atoms with van der Waals surface area (Å²) < 4.78 is 22.2. The van der Waals surface area contributed by atoms with Crippen molar-refractivity contribution in [1.82, 2.24) is 0 Å². The number of rotatable bonds is 4. The zero-order chi connectivity index (χ0) is 15.8. The Morgan fingerprint density at radius 2 is 2.14 bits per heavy atom. The van der Waals surface area contributed by atoms with E-state index < -0.39 is 21.9 Å². The summed E-state index contributed by atoms with van der Waals surface area (Å²) in [5, 5.41) is 14.2. The minimum Gasteiger partial charge on any atom is -0.478 e. The van der Waals surface area contributed by atoms with Crippen molar-refractivity contribution < 1.29 is 23.1 Å². The molecule has 1 aliphatic rings. The van der Waals surface area contributed by atoms with Crippen LogP contribution in [0, 0.1) is 5.92 Å². The highest BCUT2D eigenvalue weighted by molar-refractivity contribution is 7.89. The van der Waals surface area contributed by atoms with Crippen molar-refractivity contribution in [3.63, 3.8) is 0 Å². The predicted molar refractivity (Wildman–Crippen MR) is 76.8 cm³/mol. The lowest BCUT2D eigenvalue weighted by atomic mass is 10.1. The largest absolute Gasteiger partial charge is 0.478 e. The summed E-state index contributed by atoms with van der Waals surface area (Å²) in [7, 11) is -3.67. The first kappa shape index (κ1) is 15.7. The molecule has 1 aromatic carbocycles. The molecule has 0 bridgehead atoms. The maximum atomic E-state index is 12.0. The standard InChI is InChI=1S/C12H13ClN2O5S/c13-9-2-1-8(12(17)18)4-10(9)15-5-7(3-11(15)16)6-21(14,19)20/h1-2,4,7H,3,5-6H2,(H,17,18)(H2,14,19,20). The van der Waals surface area contributed by atoms with Crippen LogP contribution in [-0.4, -0.2) is 37.7 Å². The van der Waals surface area contributed by atoms with Gasteiger partial charge in [0.1, 0.15) is 0 Å². The van der Waals surface area contributed by atoms with Crippen molar-refractivity contribution in [3.05, 3.63) is 28.8 Å². The number of carbonyl (C=O) groups excluding carboxylic acids is 1. The molecule has 1 aliphatic heterocycles. The fraction of sp³-hybridized carbons (Fsp3) is 0.333. The van der Waals surface area contributed by atoms with E-state index in [2.05, 4.69) is 0 Å². The Hall–Kier alpha value is -1.64. The van der Waals surface area contributed by atoms with E-state index in [1.54, 1.807) is 0 Å². The Morgan fingerprint density at radius 1 is 1.48 bits per heavy atom. The van der Waals surface area contributed by atoms with Crippen molar-refractivity contribution in [2.45, 2.75) is 6.42 Å². The Bertz CT molecular complexity index is 704. The van der Waals surface area contributed by atoms with Gasteiger partial charge in [-0.1, -0.05) is 11.6 Å². The Morgan fingerprint density at radius 3 is 2.71 bits per heavy atom. The lowest BCUT2D eigenvalue weighted by Crippen LogP contribution is -2.27. The minimum absolute atomic E-state index is 0.00269. The highest BCUT2D eigenvalue weighted by Gasteiger charge is 2.34. The second-order valence-electron chi connectivity index (χ2n) is 4.88. The first-order chi connectivity index (χ1) is 9.67. The maximum absolute atomic E-state index is 12.0. The molecular formula is C12H13ClN2O5S. The van der Waals surface area contributed by atoms with Crippen molar-refractivity contribution in [1.29, 1.82) is 0 Å². The summed E-state index contributed by atoms with van der Waals surface area (Å²) in [5.74, 6) is -2.18. The quantitative estimate of drug-likeness (QED) is 0.840. The number of primary sulfonamides is 1. The fourth-order valence-electron chi connectivity index (χ4n) is 2.31. The monoisotopic (exact) mass is 332 g/mol. The lowest BCUT2D eigenvalue weighted by molar-refractivity contribution is -0.117. The number of halogens is 1. The zero-order valence-corrected chi connectivity index (χ0v) is 12.4. The third-order valence-electron chi connectivity index (χ3n) is 3.16. The number of sulfonamides is 1. The van der Waals surface area contributed by atoms with Crippen LogP contribution in [0.5, 0.6) is 0 Å². The van der Waals surface area contributed by atoms with E-state index in [0.717, 1.165) is 0 Å². The molecule has 3 N–H and O–H groups in total. The summed E-state index contributed by atoms with van der Waals surface area (Å²) in [6, 6.07) is 4.01. The number of nitrogens with two attached hydrogens (primary N) is 1. The van der Waals surface area contributed by atoms with Gasteiger partial charge in [0.2, 0.25) is 15.9 Å². The van der Waals surface area contributed by atoms with Gasteiger partial charge in [-0.2, -0.15) is 0 Å². The number of carbonyl (C=O) groups is 2. The maximum Gasteiger partial charge on any atom is 0.335 e. The third-order valence-corrected chi connectivity index (χ3v) is 4.41. The highest BCUT2D eigenvalue weighted by atomic mass is 35.5. The molecule has 21 heavy (non-hydrogen) atoms. The van der Waals surface area contributed by atoms with E-state index in [0.29, 0.717) is 0 Å². The SMILES string of the molecule is NS(=O)(=O)CC1CC(=O)N(c2cc(C(=O)O)ccc2Cl)C1. The number of carboxylic acid groups (broad SMARTS) is 1. The highest BCUT2D eigenvalue weighted by Crippen LogP contribution is 2.32. The zero-order valence-electron chi connectivity index (χ0n) is 10.8. The summed E-state index contributed by atoms with van der Waals surface area (Å²) in [6.07, 6.45) is 0.0318. The molecule has 1 saturated heterocycles. The molecule has 2 rings (SSSR count). The van der Waals surface area contributed by atoms with Crippen LogP contribution in [0.25, 0.3) is 0 Å². The molecule has 0 aliphatic carbocycles. The molecule has 0 saturated carbocycles. The van der Waals surface area contributed by atoms with E-state index in [1.807, 2.05) is 0 Å². The van der Waals surface area contributed by atoms with E-state index >= 15 is 0 Å². The summed E-state index contributed by atoms with van der Waals surface area (Å²) >= 11 is 6.00. The number of aromatic carboxylic acids is 1. The minimum atomic E-state index is -3.67. The fourth-order valence-corrected chi connectivity index (χ4v) is 3.41. The van der Waals surface area contributed by atoms with Gasteiger partial charge < -0.3 is 10.0 Å². The van der Waals surface area contributed by atoms with Crippen LogP contribution in [0.2, 0.25) is 5.02 Å². The molecular weight excluding hydrogens is 320 g/mol. The second kappa shape index (κ2) is 5.63. The van der Waals surface area contributed by atoms with E-state index in [9.17, 15) is 18.0 Å². The second-order valence-corrected chi connectivity index (χ2v) is 6.94. The van der Waals surface area contributed by atoms with Crippen molar-refractivity contribution in [2.24, 2.45) is 11.1 Å². The molecule has 0 spiro atoms. The van der Waals surface area contributed by atoms with Gasteiger partial charge in [-0.3, -0.25) is 4.79 Å². The molecule has 1 heterocycles. The average molecular weight is 333 g/mol. The van der Waals surface area contributed by atoms with Crippen LogP contribution in [0.4, 0.5) is 5.69 Å². The van der Waals surface area contributed by atoms with Gasteiger partial charge in [0.15, 0.2) is 0 Å². The van der Waals surface area contributed by atoms with Gasteiger partial charge in [-0.05, 0) is 18.2 Å². The Balaban J connectivity index is 2.28. The molecule has 1 unspecified atom stereocenters. The van der Waals surface area contributed by atoms with Crippen LogP contribution in [0.1, 0.15) is 16.8 Å². The van der Waals surface area contributed by atoms with Gasteiger partial charge in [-0.25, -0.2) is 18.4 Å². The Labute approximate surface area is 126 Å². The number of carboxylic acids is 1. The molecule has 114 valence electrons. The topological polar surface area (TPSA) is 118 Å². The van der Waals surface area contributed by atoms with Crippen LogP contribution >= 0.6 is 11.6 Å². The predicted octanol–water partition coefficient (Wildman–Crippen LogP) is 0.680. The molecule has 0 aromatic heterocycles. The van der Waals surface area contributed by atoms with Crippen LogP contribution < -0.4 is 10.0 Å². The van der Waals surface area contributed by atoms with Gasteiger partial charge in [-0.15, -0.1) is 0 Å². The number of nitrogens with zero attached hydrogens (tertiary/aromatic N) is 1. The van der Waals surface area contributed by atoms with Crippen LogP contribution in [0.3, 0.4) is 0 Å². The van der Waals surface area contributed by atoms with Gasteiger partial charge in [0.05, 0.1) is 22.0 Å². The molecule has 1 aromatic rings. The van der Waals surface area contributed by atoms with E-state index in [1.165, 1.54) is 23.1 Å². The van der Waals surface area contributed by atoms with E-state index in [4.69, 9.17) is 21.8 Å².